The molecule has 2 atom stereocenters. The number of Topliss-reactive ketones (excluding diaryl/α,β-unsaturated/α-hetero) is 1. The van der Waals surface area contributed by atoms with Crippen LogP contribution in [-0.2, 0) is 4.79 Å². The summed E-state index contributed by atoms with van der Waals surface area (Å²) in [7, 11) is 0. The van der Waals surface area contributed by atoms with Crippen LogP contribution in [0, 0.1) is 6.92 Å². The van der Waals surface area contributed by atoms with Gasteiger partial charge in [-0.15, -0.1) is 0 Å². The summed E-state index contributed by atoms with van der Waals surface area (Å²) in [4.78, 5) is 11.5. The summed E-state index contributed by atoms with van der Waals surface area (Å²) >= 11 is 0. The van der Waals surface area contributed by atoms with Crippen LogP contribution < -0.4 is 0 Å². The van der Waals surface area contributed by atoms with Crippen LogP contribution in [0.15, 0.2) is 0 Å². The number of rotatable bonds is 18. The van der Waals surface area contributed by atoms with Crippen LogP contribution >= 0.6 is 0 Å². The Morgan fingerprint density at radius 3 is 1.38 bits per heavy atom. The van der Waals surface area contributed by atoms with Crippen LogP contribution in [0.4, 0.5) is 0 Å². The number of carbonyl (C=O) groups excluding carboxylic acids is 1. The smallest absolute Gasteiger partial charge is 0.163 e. The largest absolute Gasteiger partial charge is 0.390 e. The molecule has 0 saturated carbocycles. The Balaban J connectivity index is 3.17. The molecule has 0 amide bonds. The predicted molar refractivity (Wildman–Crippen MR) is 102 cm³/mol. The van der Waals surface area contributed by atoms with E-state index in [-0.39, 0.29) is 5.78 Å². The van der Waals surface area contributed by atoms with Crippen LogP contribution in [0.5, 0.6) is 0 Å². The quantitative estimate of drug-likeness (QED) is 0.329. The van der Waals surface area contributed by atoms with Crippen molar-refractivity contribution >= 4 is 5.78 Å². The van der Waals surface area contributed by atoms with E-state index in [9.17, 15) is 9.90 Å². The van der Waals surface area contributed by atoms with Crippen LogP contribution in [0.2, 0.25) is 0 Å². The number of aliphatic hydroxyl groups is 2. The molecule has 0 aliphatic rings. The van der Waals surface area contributed by atoms with Crippen molar-refractivity contribution in [3.05, 3.63) is 6.92 Å². The maximum atomic E-state index is 11.5. The molecule has 24 heavy (non-hydrogen) atoms. The third kappa shape index (κ3) is 15.1. The molecule has 0 rings (SSSR count). The Kier molecular flexibility index (Phi) is 17.1. The average molecular weight is 342 g/mol. The van der Waals surface area contributed by atoms with Gasteiger partial charge in [0.2, 0.25) is 0 Å². The van der Waals surface area contributed by atoms with E-state index in [0.29, 0.717) is 6.42 Å². The lowest BCUT2D eigenvalue weighted by Crippen LogP contribution is -2.31. The molecule has 0 bridgehead atoms. The van der Waals surface area contributed by atoms with Gasteiger partial charge in [0.15, 0.2) is 5.78 Å². The van der Waals surface area contributed by atoms with E-state index in [1.165, 1.54) is 77.0 Å². The van der Waals surface area contributed by atoms with Crippen molar-refractivity contribution < 1.29 is 15.0 Å². The molecule has 0 heterocycles. The number of hydrogen-bond donors (Lipinski definition) is 2. The molecule has 0 aromatic rings. The molecule has 3 heteroatoms. The fourth-order valence-electron chi connectivity index (χ4n) is 3.03. The van der Waals surface area contributed by atoms with Crippen LogP contribution in [0.3, 0.4) is 0 Å². The van der Waals surface area contributed by atoms with Crippen molar-refractivity contribution in [3.8, 4) is 0 Å². The molecular formula is C21H41O3. The highest BCUT2D eigenvalue weighted by atomic mass is 16.3. The van der Waals surface area contributed by atoms with E-state index >= 15 is 0 Å². The first kappa shape index (κ1) is 23.6. The lowest BCUT2D eigenvalue weighted by atomic mass is 10.0. The van der Waals surface area contributed by atoms with E-state index in [2.05, 4.69) is 13.8 Å². The van der Waals surface area contributed by atoms with Gasteiger partial charge >= 0.3 is 0 Å². The summed E-state index contributed by atoms with van der Waals surface area (Å²) in [6.45, 7) is 5.53. The van der Waals surface area contributed by atoms with E-state index < -0.39 is 12.2 Å². The van der Waals surface area contributed by atoms with Gasteiger partial charge in [-0.1, -0.05) is 96.8 Å². The predicted octanol–water partition coefficient (Wildman–Crippen LogP) is 5.37. The lowest BCUT2D eigenvalue weighted by Gasteiger charge is -2.11. The molecule has 0 aromatic carbocycles. The number of unbranched alkanes of at least 4 members (excludes halogenated alkanes) is 14. The zero-order chi connectivity index (χ0) is 18.0. The van der Waals surface area contributed by atoms with Crippen LogP contribution in [0.25, 0.3) is 0 Å². The van der Waals surface area contributed by atoms with E-state index in [1.54, 1.807) is 0 Å². The van der Waals surface area contributed by atoms with E-state index in [1.807, 2.05) is 0 Å². The average Bonchev–Trinajstić information content (AvgIpc) is 2.57. The Morgan fingerprint density at radius 2 is 1.04 bits per heavy atom. The highest BCUT2D eigenvalue weighted by molar-refractivity contribution is 5.83. The Hall–Kier alpha value is -0.410. The molecule has 2 unspecified atom stereocenters. The lowest BCUT2D eigenvalue weighted by molar-refractivity contribution is -0.131. The first-order chi connectivity index (χ1) is 11.6. The number of hydrogen-bond acceptors (Lipinski definition) is 3. The van der Waals surface area contributed by atoms with Gasteiger partial charge in [-0.3, -0.25) is 4.79 Å². The Bertz CT molecular complexity index is 276. The van der Waals surface area contributed by atoms with Crippen molar-refractivity contribution in [2.75, 3.05) is 0 Å². The van der Waals surface area contributed by atoms with Crippen molar-refractivity contribution in [2.24, 2.45) is 0 Å². The van der Waals surface area contributed by atoms with Gasteiger partial charge in [-0.25, -0.2) is 0 Å². The first-order valence-corrected chi connectivity index (χ1v) is 10.3. The summed E-state index contributed by atoms with van der Waals surface area (Å²) in [5, 5.41) is 18.4. The van der Waals surface area contributed by atoms with Gasteiger partial charge in [0.25, 0.3) is 0 Å². The Labute approximate surface area is 150 Å². The van der Waals surface area contributed by atoms with Gasteiger partial charge < -0.3 is 10.2 Å². The minimum atomic E-state index is -1.31. The van der Waals surface area contributed by atoms with E-state index in [0.717, 1.165) is 19.3 Å². The third-order valence-electron chi connectivity index (χ3n) is 4.72. The third-order valence-corrected chi connectivity index (χ3v) is 4.72. The molecule has 3 nitrogen and oxygen atoms in total. The minimum Gasteiger partial charge on any atom is -0.390 e. The second-order valence-electron chi connectivity index (χ2n) is 7.18. The van der Waals surface area contributed by atoms with Gasteiger partial charge in [-0.2, -0.15) is 0 Å². The molecule has 0 aliphatic carbocycles. The summed E-state index contributed by atoms with van der Waals surface area (Å²) in [6, 6.07) is 0. The van der Waals surface area contributed by atoms with Crippen molar-refractivity contribution in [2.45, 2.75) is 122 Å². The van der Waals surface area contributed by atoms with Crippen molar-refractivity contribution in [1.29, 1.82) is 0 Å². The zero-order valence-corrected chi connectivity index (χ0v) is 16.0. The van der Waals surface area contributed by atoms with Crippen LogP contribution in [-0.4, -0.2) is 28.2 Å². The molecular weight excluding hydrogens is 300 g/mol. The summed E-state index contributed by atoms with van der Waals surface area (Å²) in [6.07, 6.45) is 17.2. The molecule has 0 aromatic heterocycles. The standard InChI is InChI=1S/C21H41O3/c1-3-4-5-6-7-8-9-10-11-12-13-14-15-16-17-18-20(23)21(24)19(2)22/h19,21-22,24H,2-18H2,1H3. The zero-order valence-electron chi connectivity index (χ0n) is 16.0. The summed E-state index contributed by atoms with van der Waals surface area (Å²) < 4.78 is 0. The molecule has 143 valence electrons. The topological polar surface area (TPSA) is 57.5 Å². The molecule has 0 aliphatic heterocycles. The SMILES string of the molecule is [CH2]C(O)C(O)C(=O)CCCCCCCCCCCCCCCCC. The fourth-order valence-corrected chi connectivity index (χ4v) is 3.03. The van der Waals surface area contributed by atoms with Crippen molar-refractivity contribution in [3.63, 3.8) is 0 Å². The van der Waals surface area contributed by atoms with Gasteiger partial charge in [0, 0.05) is 6.42 Å². The van der Waals surface area contributed by atoms with E-state index in [4.69, 9.17) is 5.11 Å². The summed E-state index contributed by atoms with van der Waals surface area (Å²) in [5.74, 6) is -0.285. The van der Waals surface area contributed by atoms with Crippen molar-refractivity contribution in [1.82, 2.24) is 0 Å². The highest BCUT2D eigenvalue weighted by Gasteiger charge is 2.19. The molecule has 0 saturated heterocycles. The van der Waals surface area contributed by atoms with Crippen LogP contribution in [0.1, 0.15) is 110 Å². The molecule has 2 N–H and O–H groups in total. The molecule has 0 fully saturated rings. The number of aliphatic hydroxyl groups excluding tert-OH is 2. The second-order valence-corrected chi connectivity index (χ2v) is 7.18. The number of ketones is 1. The van der Waals surface area contributed by atoms with Gasteiger partial charge in [0.05, 0.1) is 6.10 Å². The minimum absolute atomic E-state index is 0.285. The first-order valence-electron chi connectivity index (χ1n) is 10.3. The second kappa shape index (κ2) is 17.4. The maximum Gasteiger partial charge on any atom is 0.163 e. The highest BCUT2D eigenvalue weighted by Crippen LogP contribution is 2.14. The van der Waals surface area contributed by atoms with Gasteiger partial charge in [-0.05, 0) is 13.3 Å². The number of carbonyl (C=O) groups is 1. The maximum absolute atomic E-state index is 11.5. The molecule has 0 spiro atoms. The summed E-state index contributed by atoms with van der Waals surface area (Å²) in [5.41, 5.74) is 0. The fraction of sp³-hybridized carbons (Fsp3) is 0.905. The van der Waals surface area contributed by atoms with Gasteiger partial charge in [0.1, 0.15) is 6.10 Å². The normalized spacial score (nSPS) is 13.8. The molecule has 1 radical (unpaired) electrons. The monoisotopic (exact) mass is 341 g/mol. The Morgan fingerprint density at radius 1 is 0.708 bits per heavy atom.